The summed E-state index contributed by atoms with van der Waals surface area (Å²) in [7, 11) is 0. The number of aryl methyl sites for hydroxylation is 2. The van der Waals surface area contributed by atoms with E-state index in [0.717, 1.165) is 17.0 Å². The summed E-state index contributed by atoms with van der Waals surface area (Å²) in [5.74, 6) is 0. The first-order valence-electron chi connectivity index (χ1n) is 5.02. The van der Waals surface area contributed by atoms with Crippen molar-refractivity contribution in [3.63, 3.8) is 0 Å². The van der Waals surface area contributed by atoms with E-state index in [2.05, 4.69) is 42.2 Å². The Labute approximate surface area is 89.3 Å². The molecule has 0 bridgehead atoms. The fourth-order valence-corrected chi connectivity index (χ4v) is 1.74. The predicted octanol–water partition coefficient (Wildman–Crippen LogP) is 2.15. The topological polar surface area (TPSA) is 54.7 Å². The van der Waals surface area contributed by atoms with Crippen LogP contribution in [0, 0.1) is 13.8 Å². The van der Waals surface area contributed by atoms with Gasteiger partial charge >= 0.3 is 0 Å². The van der Waals surface area contributed by atoms with Gasteiger partial charge in [0.15, 0.2) is 0 Å². The van der Waals surface area contributed by atoms with Crippen LogP contribution >= 0.6 is 0 Å². The molecule has 0 unspecified atom stereocenters. The van der Waals surface area contributed by atoms with Crippen LogP contribution in [-0.4, -0.2) is 10.2 Å². The van der Waals surface area contributed by atoms with E-state index in [9.17, 15) is 0 Å². The smallest absolute Gasteiger partial charge is 0.0924 e. The maximum atomic E-state index is 5.53. The average Bonchev–Trinajstić information content (AvgIpc) is 2.64. The zero-order valence-electron chi connectivity index (χ0n) is 9.04. The molecule has 0 radical (unpaired) electrons. The summed E-state index contributed by atoms with van der Waals surface area (Å²) in [6.07, 6.45) is 0. The molecule has 0 aliphatic rings. The van der Waals surface area contributed by atoms with Crippen LogP contribution in [-0.2, 0) is 6.54 Å². The maximum absolute atomic E-state index is 5.53. The van der Waals surface area contributed by atoms with E-state index in [4.69, 9.17) is 5.73 Å². The molecule has 3 heteroatoms. The van der Waals surface area contributed by atoms with Gasteiger partial charge in [0, 0.05) is 17.8 Å². The van der Waals surface area contributed by atoms with Gasteiger partial charge in [0.2, 0.25) is 0 Å². The lowest BCUT2D eigenvalue weighted by molar-refractivity contribution is 0.948. The first-order valence-corrected chi connectivity index (χ1v) is 5.02. The molecule has 0 fully saturated rings. The Morgan fingerprint density at radius 1 is 1.13 bits per heavy atom. The Kier molecular flexibility index (Phi) is 2.56. The van der Waals surface area contributed by atoms with Gasteiger partial charge in [0.1, 0.15) is 0 Å². The van der Waals surface area contributed by atoms with Crippen LogP contribution in [0.1, 0.15) is 16.8 Å². The lowest BCUT2D eigenvalue weighted by atomic mass is 10.1. The lowest BCUT2D eigenvalue weighted by Gasteiger charge is -2.01. The van der Waals surface area contributed by atoms with Crippen molar-refractivity contribution in [3.8, 4) is 11.3 Å². The van der Waals surface area contributed by atoms with Crippen molar-refractivity contribution in [3.05, 3.63) is 41.1 Å². The van der Waals surface area contributed by atoms with Crippen LogP contribution in [0.25, 0.3) is 11.3 Å². The molecule has 0 aliphatic carbocycles. The number of aromatic amines is 1. The Bertz CT molecular complexity index is 451. The molecule has 0 aliphatic heterocycles. The molecule has 0 saturated heterocycles. The fraction of sp³-hybridized carbons (Fsp3) is 0.250. The summed E-state index contributed by atoms with van der Waals surface area (Å²) in [6, 6.07) is 8.40. The Balaban J connectivity index is 2.44. The minimum absolute atomic E-state index is 0.498. The van der Waals surface area contributed by atoms with Gasteiger partial charge in [0.05, 0.1) is 5.69 Å². The molecule has 0 saturated carbocycles. The number of nitrogens with zero attached hydrogens (tertiary/aromatic N) is 1. The summed E-state index contributed by atoms with van der Waals surface area (Å²) in [5.41, 5.74) is 11.1. The van der Waals surface area contributed by atoms with Gasteiger partial charge in [0.25, 0.3) is 0 Å². The minimum atomic E-state index is 0.498. The summed E-state index contributed by atoms with van der Waals surface area (Å²) >= 11 is 0. The summed E-state index contributed by atoms with van der Waals surface area (Å²) in [6.45, 7) is 4.68. The number of aromatic nitrogens is 2. The molecule has 1 heterocycles. The maximum Gasteiger partial charge on any atom is 0.0924 e. The second kappa shape index (κ2) is 3.87. The highest BCUT2D eigenvalue weighted by molar-refractivity contribution is 5.61. The third-order valence-electron chi connectivity index (χ3n) is 2.37. The highest BCUT2D eigenvalue weighted by Crippen LogP contribution is 2.20. The molecular formula is C12H15N3. The second-order valence-corrected chi connectivity index (χ2v) is 3.86. The molecule has 15 heavy (non-hydrogen) atoms. The van der Waals surface area contributed by atoms with E-state index < -0.39 is 0 Å². The van der Waals surface area contributed by atoms with Crippen LogP contribution in [0.4, 0.5) is 0 Å². The third kappa shape index (κ3) is 2.07. The number of H-pyrrole nitrogens is 1. The van der Waals surface area contributed by atoms with Crippen molar-refractivity contribution >= 4 is 0 Å². The normalized spacial score (nSPS) is 10.6. The number of hydrogen-bond acceptors (Lipinski definition) is 2. The summed E-state index contributed by atoms with van der Waals surface area (Å²) < 4.78 is 0. The van der Waals surface area contributed by atoms with E-state index >= 15 is 0 Å². The highest BCUT2D eigenvalue weighted by Gasteiger charge is 2.03. The monoisotopic (exact) mass is 201 g/mol. The van der Waals surface area contributed by atoms with E-state index in [-0.39, 0.29) is 0 Å². The van der Waals surface area contributed by atoms with Gasteiger partial charge in [-0.2, -0.15) is 5.10 Å². The number of nitrogens with two attached hydrogens (primary N) is 1. The molecule has 0 amide bonds. The first-order chi connectivity index (χ1) is 7.19. The van der Waals surface area contributed by atoms with Crippen molar-refractivity contribution in [2.75, 3.05) is 0 Å². The molecule has 3 nitrogen and oxygen atoms in total. The molecular weight excluding hydrogens is 186 g/mol. The molecule has 1 aromatic heterocycles. The van der Waals surface area contributed by atoms with Crippen molar-refractivity contribution in [2.24, 2.45) is 5.73 Å². The average molecular weight is 201 g/mol. The number of hydrogen-bond donors (Lipinski definition) is 2. The number of rotatable bonds is 2. The summed E-state index contributed by atoms with van der Waals surface area (Å²) in [5, 5.41) is 7.15. The van der Waals surface area contributed by atoms with Crippen LogP contribution < -0.4 is 5.73 Å². The Morgan fingerprint density at radius 3 is 2.33 bits per heavy atom. The van der Waals surface area contributed by atoms with Crippen LogP contribution in [0.5, 0.6) is 0 Å². The Morgan fingerprint density at radius 2 is 1.80 bits per heavy atom. The van der Waals surface area contributed by atoms with Crippen molar-refractivity contribution in [1.82, 2.24) is 10.2 Å². The van der Waals surface area contributed by atoms with E-state index in [1.54, 1.807) is 0 Å². The highest BCUT2D eigenvalue weighted by atomic mass is 15.1. The SMILES string of the molecule is Cc1cc(C)cc(-c2cc(CN)[nH]n2)c1. The van der Waals surface area contributed by atoms with Crippen LogP contribution in [0.2, 0.25) is 0 Å². The Hall–Kier alpha value is -1.61. The molecule has 0 spiro atoms. The van der Waals surface area contributed by atoms with Gasteiger partial charge in [-0.25, -0.2) is 0 Å². The van der Waals surface area contributed by atoms with Crippen molar-refractivity contribution < 1.29 is 0 Å². The molecule has 0 atom stereocenters. The van der Waals surface area contributed by atoms with Crippen LogP contribution in [0.15, 0.2) is 24.3 Å². The molecule has 78 valence electrons. The zero-order valence-corrected chi connectivity index (χ0v) is 9.04. The van der Waals surface area contributed by atoms with E-state index in [1.807, 2.05) is 6.07 Å². The number of nitrogens with one attached hydrogen (secondary N) is 1. The van der Waals surface area contributed by atoms with Gasteiger partial charge in [-0.1, -0.05) is 17.2 Å². The molecule has 1 aromatic carbocycles. The molecule has 2 rings (SSSR count). The van der Waals surface area contributed by atoms with Gasteiger partial charge < -0.3 is 5.73 Å². The predicted molar refractivity (Wildman–Crippen MR) is 61.4 cm³/mol. The first kappa shape index (κ1) is 9.93. The van der Waals surface area contributed by atoms with Gasteiger partial charge in [-0.05, 0) is 32.0 Å². The fourth-order valence-electron chi connectivity index (χ4n) is 1.74. The number of benzene rings is 1. The zero-order chi connectivity index (χ0) is 10.8. The van der Waals surface area contributed by atoms with Crippen LogP contribution in [0.3, 0.4) is 0 Å². The second-order valence-electron chi connectivity index (χ2n) is 3.86. The van der Waals surface area contributed by atoms with Gasteiger partial charge in [-0.3, -0.25) is 5.10 Å². The van der Waals surface area contributed by atoms with Gasteiger partial charge in [-0.15, -0.1) is 0 Å². The molecule has 2 aromatic rings. The minimum Gasteiger partial charge on any atom is -0.325 e. The quantitative estimate of drug-likeness (QED) is 0.782. The standard InChI is InChI=1S/C12H15N3/c1-8-3-9(2)5-10(4-8)12-6-11(7-13)14-15-12/h3-6H,7,13H2,1-2H3,(H,14,15). The van der Waals surface area contributed by atoms with Crippen molar-refractivity contribution in [2.45, 2.75) is 20.4 Å². The van der Waals surface area contributed by atoms with E-state index in [0.29, 0.717) is 6.54 Å². The summed E-state index contributed by atoms with van der Waals surface area (Å²) in [4.78, 5) is 0. The third-order valence-corrected chi connectivity index (χ3v) is 2.37. The largest absolute Gasteiger partial charge is 0.325 e. The van der Waals surface area contributed by atoms with Crippen molar-refractivity contribution in [1.29, 1.82) is 0 Å². The molecule has 3 N–H and O–H groups in total. The van der Waals surface area contributed by atoms with E-state index in [1.165, 1.54) is 11.1 Å². The lowest BCUT2D eigenvalue weighted by Crippen LogP contribution is -1.95.